The van der Waals surface area contributed by atoms with Crippen LogP contribution >= 0.6 is 15.9 Å². The van der Waals surface area contributed by atoms with Crippen LogP contribution < -0.4 is 0 Å². The SMILES string of the molecule is Oc1ccc(-c2ccc(-c3ccccc3)cc2)cc1Br. The summed E-state index contributed by atoms with van der Waals surface area (Å²) in [6.45, 7) is 0. The average molecular weight is 325 g/mol. The maximum absolute atomic E-state index is 9.54. The molecule has 0 amide bonds. The summed E-state index contributed by atoms with van der Waals surface area (Å²) in [6.07, 6.45) is 0. The summed E-state index contributed by atoms with van der Waals surface area (Å²) < 4.78 is 0.710. The number of benzene rings is 3. The van der Waals surface area contributed by atoms with Crippen molar-refractivity contribution in [2.75, 3.05) is 0 Å². The second-order valence-electron chi connectivity index (χ2n) is 4.61. The minimum absolute atomic E-state index is 0.259. The predicted octanol–water partition coefficient (Wildman–Crippen LogP) is 5.49. The van der Waals surface area contributed by atoms with Crippen LogP contribution in [0.5, 0.6) is 5.75 Å². The molecule has 1 N–H and O–H groups in total. The minimum Gasteiger partial charge on any atom is -0.507 e. The standard InChI is InChI=1S/C18H13BrO/c19-17-12-16(10-11-18(17)20)15-8-6-14(7-9-15)13-4-2-1-3-5-13/h1-12,20H. The largest absolute Gasteiger partial charge is 0.507 e. The topological polar surface area (TPSA) is 20.2 Å². The van der Waals surface area contributed by atoms with Crippen LogP contribution in [0.3, 0.4) is 0 Å². The van der Waals surface area contributed by atoms with E-state index in [1.165, 1.54) is 11.1 Å². The first-order valence-corrected chi connectivity index (χ1v) is 7.18. The van der Waals surface area contributed by atoms with Gasteiger partial charge in [0, 0.05) is 0 Å². The molecule has 0 aliphatic rings. The first kappa shape index (κ1) is 12.9. The first-order chi connectivity index (χ1) is 9.74. The molecule has 0 heterocycles. The summed E-state index contributed by atoms with van der Waals surface area (Å²) in [7, 11) is 0. The van der Waals surface area contributed by atoms with Gasteiger partial charge in [0.15, 0.2) is 0 Å². The number of hydrogen-bond acceptors (Lipinski definition) is 1. The van der Waals surface area contributed by atoms with Crippen molar-refractivity contribution in [2.45, 2.75) is 0 Å². The zero-order valence-electron chi connectivity index (χ0n) is 10.8. The van der Waals surface area contributed by atoms with Gasteiger partial charge in [-0.2, -0.15) is 0 Å². The number of rotatable bonds is 2. The molecule has 3 aromatic rings. The number of halogens is 1. The first-order valence-electron chi connectivity index (χ1n) is 6.38. The Morgan fingerprint density at radius 1 is 0.600 bits per heavy atom. The van der Waals surface area contributed by atoms with Crippen molar-refractivity contribution in [3.05, 3.63) is 77.3 Å². The molecule has 1 nitrogen and oxygen atoms in total. The van der Waals surface area contributed by atoms with E-state index < -0.39 is 0 Å². The normalized spacial score (nSPS) is 10.4. The van der Waals surface area contributed by atoms with Crippen LogP contribution in [0.15, 0.2) is 77.3 Å². The van der Waals surface area contributed by atoms with Crippen molar-refractivity contribution in [1.29, 1.82) is 0 Å². The maximum atomic E-state index is 9.54. The van der Waals surface area contributed by atoms with Crippen LogP contribution in [0.1, 0.15) is 0 Å². The van der Waals surface area contributed by atoms with Gasteiger partial charge < -0.3 is 5.11 Å². The zero-order valence-corrected chi connectivity index (χ0v) is 12.3. The van der Waals surface area contributed by atoms with Crippen LogP contribution in [-0.2, 0) is 0 Å². The zero-order chi connectivity index (χ0) is 13.9. The molecule has 0 unspecified atom stereocenters. The van der Waals surface area contributed by atoms with Crippen molar-refractivity contribution in [2.24, 2.45) is 0 Å². The second kappa shape index (κ2) is 5.51. The van der Waals surface area contributed by atoms with Gasteiger partial charge in [0.25, 0.3) is 0 Å². The molecule has 0 spiro atoms. The minimum atomic E-state index is 0.259. The van der Waals surface area contributed by atoms with Gasteiger partial charge in [0.1, 0.15) is 5.75 Å². The lowest BCUT2D eigenvalue weighted by Gasteiger charge is -2.06. The van der Waals surface area contributed by atoms with Crippen molar-refractivity contribution in [1.82, 2.24) is 0 Å². The molecular formula is C18H13BrO. The molecule has 0 fully saturated rings. The molecular weight excluding hydrogens is 312 g/mol. The fraction of sp³-hybridized carbons (Fsp3) is 0. The third-order valence-corrected chi connectivity index (χ3v) is 3.91. The molecule has 98 valence electrons. The number of hydrogen-bond donors (Lipinski definition) is 1. The van der Waals surface area contributed by atoms with E-state index in [-0.39, 0.29) is 5.75 Å². The quantitative estimate of drug-likeness (QED) is 0.661. The van der Waals surface area contributed by atoms with E-state index in [0.29, 0.717) is 4.47 Å². The highest BCUT2D eigenvalue weighted by Gasteiger charge is 2.03. The summed E-state index contributed by atoms with van der Waals surface area (Å²) >= 11 is 3.34. The molecule has 0 aromatic heterocycles. The van der Waals surface area contributed by atoms with Crippen LogP contribution in [-0.4, -0.2) is 5.11 Å². The lowest BCUT2D eigenvalue weighted by molar-refractivity contribution is 0.472. The lowest BCUT2D eigenvalue weighted by Crippen LogP contribution is -1.80. The molecule has 0 atom stereocenters. The molecule has 0 saturated heterocycles. The van der Waals surface area contributed by atoms with E-state index in [4.69, 9.17) is 0 Å². The molecule has 0 aliphatic heterocycles. The van der Waals surface area contributed by atoms with Crippen molar-refractivity contribution >= 4 is 15.9 Å². The van der Waals surface area contributed by atoms with Gasteiger partial charge in [0.05, 0.1) is 4.47 Å². The Morgan fingerprint density at radius 2 is 1.10 bits per heavy atom. The van der Waals surface area contributed by atoms with E-state index in [9.17, 15) is 5.11 Å². The Bertz CT molecular complexity index is 718. The summed E-state index contributed by atoms with van der Waals surface area (Å²) in [4.78, 5) is 0. The summed E-state index contributed by atoms with van der Waals surface area (Å²) in [6, 6.07) is 24.3. The monoisotopic (exact) mass is 324 g/mol. The predicted molar refractivity (Wildman–Crippen MR) is 86.7 cm³/mol. The van der Waals surface area contributed by atoms with Gasteiger partial charge in [-0.05, 0) is 50.3 Å². The van der Waals surface area contributed by atoms with Crippen LogP contribution in [0.25, 0.3) is 22.3 Å². The van der Waals surface area contributed by atoms with E-state index in [2.05, 4.69) is 52.3 Å². The van der Waals surface area contributed by atoms with Crippen LogP contribution in [0.4, 0.5) is 0 Å². The van der Waals surface area contributed by atoms with Gasteiger partial charge in [0.2, 0.25) is 0 Å². The van der Waals surface area contributed by atoms with Gasteiger partial charge in [-0.25, -0.2) is 0 Å². The van der Waals surface area contributed by atoms with Crippen molar-refractivity contribution in [3.63, 3.8) is 0 Å². The van der Waals surface area contributed by atoms with Crippen molar-refractivity contribution in [3.8, 4) is 28.0 Å². The van der Waals surface area contributed by atoms with E-state index >= 15 is 0 Å². The van der Waals surface area contributed by atoms with Gasteiger partial charge >= 0.3 is 0 Å². The Kier molecular flexibility index (Phi) is 3.57. The average Bonchev–Trinajstić information content (AvgIpc) is 2.51. The summed E-state index contributed by atoms with van der Waals surface area (Å²) in [5.74, 6) is 0.259. The number of phenolic OH excluding ortho intramolecular Hbond substituents is 1. The third-order valence-electron chi connectivity index (χ3n) is 3.27. The highest BCUT2D eigenvalue weighted by molar-refractivity contribution is 9.10. The molecule has 0 aliphatic carbocycles. The fourth-order valence-corrected chi connectivity index (χ4v) is 2.55. The Morgan fingerprint density at radius 3 is 1.70 bits per heavy atom. The highest BCUT2D eigenvalue weighted by atomic mass is 79.9. The number of aromatic hydroxyl groups is 1. The molecule has 0 saturated carbocycles. The van der Waals surface area contributed by atoms with E-state index in [1.807, 2.05) is 30.3 Å². The van der Waals surface area contributed by atoms with Crippen molar-refractivity contribution < 1.29 is 5.11 Å². The molecule has 2 heteroatoms. The van der Waals surface area contributed by atoms with Crippen LogP contribution in [0, 0.1) is 0 Å². The molecule has 20 heavy (non-hydrogen) atoms. The smallest absolute Gasteiger partial charge is 0.129 e. The third kappa shape index (κ3) is 2.61. The summed E-state index contributed by atoms with van der Waals surface area (Å²) in [5.41, 5.74) is 4.62. The Hall–Kier alpha value is -2.06. The second-order valence-corrected chi connectivity index (χ2v) is 5.46. The highest BCUT2D eigenvalue weighted by Crippen LogP contribution is 2.30. The number of phenols is 1. The molecule has 3 aromatic carbocycles. The molecule has 0 radical (unpaired) electrons. The van der Waals surface area contributed by atoms with E-state index in [0.717, 1.165) is 11.1 Å². The van der Waals surface area contributed by atoms with Gasteiger partial charge in [-0.15, -0.1) is 0 Å². The van der Waals surface area contributed by atoms with E-state index in [1.54, 1.807) is 6.07 Å². The molecule has 3 rings (SSSR count). The Balaban J connectivity index is 1.95. The van der Waals surface area contributed by atoms with Gasteiger partial charge in [-0.3, -0.25) is 0 Å². The summed E-state index contributed by atoms with van der Waals surface area (Å²) in [5, 5.41) is 9.54. The van der Waals surface area contributed by atoms with Crippen LogP contribution in [0.2, 0.25) is 0 Å². The molecule has 0 bridgehead atoms. The maximum Gasteiger partial charge on any atom is 0.129 e. The lowest BCUT2D eigenvalue weighted by atomic mass is 10.0. The Labute approximate surface area is 126 Å². The van der Waals surface area contributed by atoms with Gasteiger partial charge in [-0.1, -0.05) is 60.7 Å². The fourth-order valence-electron chi connectivity index (χ4n) is 2.17.